The van der Waals surface area contributed by atoms with E-state index in [1.165, 1.54) is 11.1 Å². The van der Waals surface area contributed by atoms with Crippen LogP contribution in [0, 0.1) is 13.8 Å². The van der Waals surface area contributed by atoms with E-state index in [4.69, 9.17) is 9.84 Å². The summed E-state index contributed by atoms with van der Waals surface area (Å²) < 4.78 is 5.70. The largest absolute Gasteiger partial charge is 0.492 e. The maximum Gasteiger partial charge on any atom is 0.317 e. The minimum absolute atomic E-state index is 0.0495. The Bertz CT molecular complexity index is 409. The van der Waals surface area contributed by atoms with Crippen molar-refractivity contribution in [1.82, 2.24) is 4.90 Å². The van der Waals surface area contributed by atoms with E-state index in [9.17, 15) is 4.79 Å². The molecule has 0 aliphatic rings. The number of benzene rings is 1. The van der Waals surface area contributed by atoms with E-state index >= 15 is 0 Å². The van der Waals surface area contributed by atoms with Crippen molar-refractivity contribution < 1.29 is 14.6 Å². The van der Waals surface area contributed by atoms with Gasteiger partial charge < -0.3 is 9.84 Å². The first-order valence-corrected chi connectivity index (χ1v) is 6.55. The molecule has 1 rings (SSSR count). The molecular weight excluding hydrogens is 242 g/mol. The van der Waals surface area contributed by atoms with Gasteiger partial charge in [-0.15, -0.1) is 0 Å². The molecule has 1 aromatic rings. The number of aliphatic carboxylic acids is 1. The van der Waals surface area contributed by atoms with E-state index in [0.29, 0.717) is 13.2 Å². The Hall–Kier alpha value is -1.55. The van der Waals surface area contributed by atoms with Crippen LogP contribution in [0.25, 0.3) is 0 Å². The molecule has 0 atom stereocenters. The molecule has 0 saturated carbocycles. The predicted octanol–water partition coefficient (Wildman–Crippen LogP) is 2.48. The van der Waals surface area contributed by atoms with Gasteiger partial charge in [0.1, 0.15) is 12.4 Å². The van der Waals surface area contributed by atoms with E-state index in [1.54, 1.807) is 0 Å². The Morgan fingerprint density at radius 3 is 2.32 bits per heavy atom. The SMILES string of the molecule is Cc1cc(C)cc(OCCN(CC(=O)O)C(C)C)c1. The average Bonchev–Trinajstić information content (AvgIpc) is 2.25. The van der Waals surface area contributed by atoms with E-state index < -0.39 is 5.97 Å². The van der Waals surface area contributed by atoms with Crippen molar-refractivity contribution in [3.05, 3.63) is 29.3 Å². The molecule has 4 nitrogen and oxygen atoms in total. The first kappa shape index (κ1) is 15.5. The summed E-state index contributed by atoms with van der Waals surface area (Å²) in [5.41, 5.74) is 2.34. The lowest BCUT2D eigenvalue weighted by Crippen LogP contribution is -2.38. The summed E-state index contributed by atoms with van der Waals surface area (Å²) in [7, 11) is 0. The minimum atomic E-state index is -0.805. The van der Waals surface area contributed by atoms with Crippen LogP contribution in [0.3, 0.4) is 0 Å². The van der Waals surface area contributed by atoms with Crippen LogP contribution in [-0.4, -0.2) is 41.7 Å². The van der Waals surface area contributed by atoms with Crippen LogP contribution in [0.15, 0.2) is 18.2 Å². The van der Waals surface area contributed by atoms with Crippen LogP contribution in [0.2, 0.25) is 0 Å². The maximum atomic E-state index is 10.8. The van der Waals surface area contributed by atoms with E-state index in [2.05, 4.69) is 6.07 Å². The van der Waals surface area contributed by atoms with Crippen LogP contribution < -0.4 is 4.74 Å². The molecule has 1 N–H and O–H groups in total. The van der Waals surface area contributed by atoms with Crippen LogP contribution in [0.1, 0.15) is 25.0 Å². The molecule has 0 unspecified atom stereocenters. The third-order valence-corrected chi connectivity index (χ3v) is 2.91. The number of carbonyl (C=O) groups is 1. The van der Waals surface area contributed by atoms with E-state index in [-0.39, 0.29) is 12.6 Å². The van der Waals surface area contributed by atoms with Crippen molar-refractivity contribution in [2.45, 2.75) is 33.7 Å². The lowest BCUT2D eigenvalue weighted by molar-refractivity contribution is -0.138. The summed E-state index contributed by atoms with van der Waals surface area (Å²) in [5, 5.41) is 8.84. The minimum Gasteiger partial charge on any atom is -0.492 e. The maximum absolute atomic E-state index is 10.8. The molecule has 0 bridgehead atoms. The fourth-order valence-electron chi connectivity index (χ4n) is 1.99. The van der Waals surface area contributed by atoms with Crippen molar-refractivity contribution in [1.29, 1.82) is 0 Å². The molecule has 19 heavy (non-hydrogen) atoms. The highest BCUT2D eigenvalue weighted by Crippen LogP contribution is 2.16. The third-order valence-electron chi connectivity index (χ3n) is 2.91. The standard InChI is InChI=1S/C15H23NO3/c1-11(2)16(10-15(17)18)5-6-19-14-8-12(3)7-13(4)9-14/h7-9,11H,5-6,10H2,1-4H3,(H,17,18). The molecular formula is C15H23NO3. The number of carboxylic acids is 1. The first-order valence-electron chi connectivity index (χ1n) is 6.55. The van der Waals surface area contributed by atoms with Gasteiger partial charge in [0.15, 0.2) is 0 Å². The van der Waals surface area contributed by atoms with Gasteiger partial charge in [0.2, 0.25) is 0 Å². The summed E-state index contributed by atoms with van der Waals surface area (Å²) in [5.74, 6) is 0.0385. The molecule has 4 heteroatoms. The Morgan fingerprint density at radius 1 is 1.26 bits per heavy atom. The lowest BCUT2D eigenvalue weighted by Gasteiger charge is -2.24. The Labute approximate surface area is 115 Å². The Morgan fingerprint density at radius 2 is 1.84 bits per heavy atom. The highest BCUT2D eigenvalue weighted by atomic mass is 16.5. The van der Waals surface area contributed by atoms with Gasteiger partial charge in [0.25, 0.3) is 0 Å². The van der Waals surface area contributed by atoms with Crippen molar-refractivity contribution in [3.8, 4) is 5.75 Å². The zero-order valence-corrected chi connectivity index (χ0v) is 12.1. The topological polar surface area (TPSA) is 49.8 Å². The highest BCUT2D eigenvalue weighted by molar-refractivity contribution is 5.69. The van der Waals surface area contributed by atoms with Gasteiger partial charge in [0.05, 0.1) is 6.54 Å². The second kappa shape index (κ2) is 7.14. The van der Waals surface area contributed by atoms with Crippen LogP contribution >= 0.6 is 0 Å². The number of hydrogen-bond acceptors (Lipinski definition) is 3. The second-order valence-corrected chi connectivity index (χ2v) is 5.13. The lowest BCUT2D eigenvalue weighted by atomic mass is 10.1. The van der Waals surface area contributed by atoms with Gasteiger partial charge in [0, 0.05) is 12.6 Å². The van der Waals surface area contributed by atoms with Crippen LogP contribution in [0.4, 0.5) is 0 Å². The van der Waals surface area contributed by atoms with Gasteiger partial charge in [-0.05, 0) is 51.0 Å². The summed E-state index contributed by atoms with van der Waals surface area (Å²) in [6.45, 7) is 9.19. The molecule has 0 aliphatic carbocycles. The molecule has 0 aliphatic heterocycles. The summed E-state index contributed by atoms with van der Waals surface area (Å²) in [4.78, 5) is 12.6. The number of hydrogen-bond donors (Lipinski definition) is 1. The number of aryl methyl sites for hydroxylation is 2. The number of carboxylic acid groups (broad SMARTS) is 1. The van der Waals surface area contributed by atoms with Crippen molar-refractivity contribution >= 4 is 5.97 Å². The molecule has 0 saturated heterocycles. The fraction of sp³-hybridized carbons (Fsp3) is 0.533. The van der Waals surface area contributed by atoms with Crippen molar-refractivity contribution in [3.63, 3.8) is 0 Å². The number of ether oxygens (including phenoxy) is 1. The van der Waals surface area contributed by atoms with Gasteiger partial charge in [-0.2, -0.15) is 0 Å². The molecule has 0 amide bonds. The number of rotatable bonds is 7. The smallest absolute Gasteiger partial charge is 0.317 e. The molecule has 106 valence electrons. The monoisotopic (exact) mass is 265 g/mol. The van der Waals surface area contributed by atoms with Gasteiger partial charge in [-0.3, -0.25) is 9.69 Å². The zero-order chi connectivity index (χ0) is 14.4. The summed E-state index contributed by atoms with van der Waals surface area (Å²) in [6, 6.07) is 6.27. The normalized spacial score (nSPS) is 11.1. The summed E-state index contributed by atoms with van der Waals surface area (Å²) >= 11 is 0. The molecule has 0 fully saturated rings. The van der Waals surface area contributed by atoms with Gasteiger partial charge in [-0.1, -0.05) is 6.07 Å². The Kier molecular flexibility index (Phi) is 5.83. The molecule has 1 aromatic carbocycles. The Balaban J connectivity index is 2.49. The van der Waals surface area contributed by atoms with E-state index in [0.717, 1.165) is 5.75 Å². The quantitative estimate of drug-likeness (QED) is 0.823. The predicted molar refractivity (Wildman–Crippen MR) is 75.8 cm³/mol. The third kappa shape index (κ3) is 5.75. The zero-order valence-electron chi connectivity index (χ0n) is 12.1. The average molecular weight is 265 g/mol. The second-order valence-electron chi connectivity index (χ2n) is 5.13. The van der Waals surface area contributed by atoms with Crippen LogP contribution in [-0.2, 0) is 4.79 Å². The van der Waals surface area contributed by atoms with Gasteiger partial charge >= 0.3 is 5.97 Å². The molecule has 0 spiro atoms. The number of nitrogens with zero attached hydrogens (tertiary/aromatic N) is 1. The van der Waals surface area contributed by atoms with Gasteiger partial charge in [-0.25, -0.2) is 0 Å². The van der Waals surface area contributed by atoms with Crippen LogP contribution in [0.5, 0.6) is 5.75 Å². The van der Waals surface area contributed by atoms with E-state index in [1.807, 2.05) is 44.7 Å². The summed E-state index contributed by atoms with van der Waals surface area (Å²) in [6.07, 6.45) is 0. The van der Waals surface area contributed by atoms with Crippen molar-refractivity contribution in [2.75, 3.05) is 19.7 Å². The molecule has 0 aromatic heterocycles. The molecule has 0 radical (unpaired) electrons. The van der Waals surface area contributed by atoms with Crippen molar-refractivity contribution in [2.24, 2.45) is 0 Å². The first-order chi connectivity index (χ1) is 8.88. The fourth-order valence-corrected chi connectivity index (χ4v) is 1.99. The molecule has 0 heterocycles. The highest BCUT2D eigenvalue weighted by Gasteiger charge is 2.13.